The van der Waals surface area contributed by atoms with Crippen LogP contribution in [0.5, 0.6) is 0 Å². The zero-order chi connectivity index (χ0) is 10.6. The largest absolute Gasteiger partial charge is 0.468 e. The number of likely N-dealkylation sites (tertiary alicyclic amines) is 1. The van der Waals surface area contributed by atoms with Crippen molar-refractivity contribution in [2.24, 2.45) is 5.92 Å². The van der Waals surface area contributed by atoms with Crippen molar-refractivity contribution in [3.8, 4) is 0 Å². The maximum absolute atomic E-state index is 11.6. The summed E-state index contributed by atoms with van der Waals surface area (Å²) < 4.78 is 9.40. The second-order valence-corrected chi connectivity index (χ2v) is 3.18. The highest BCUT2D eigenvalue weighted by atomic mass is 16.5. The lowest BCUT2D eigenvalue weighted by molar-refractivity contribution is -0.150. The van der Waals surface area contributed by atoms with Crippen LogP contribution >= 0.6 is 0 Å². The van der Waals surface area contributed by atoms with E-state index >= 15 is 0 Å². The van der Waals surface area contributed by atoms with Crippen molar-refractivity contribution in [3.05, 3.63) is 0 Å². The number of carbonyl (C=O) groups excluding carboxylic acids is 2. The summed E-state index contributed by atoms with van der Waals surface area (Å²) in [5.41, 5.74) is 0. The van der Waals surface area contributed by atoms with Gasteiger partial charge in [0.25, 0.3) is 0 Å². The first kappa shape index (κ1) is 11.0. The summed E-state index contributed by atoms with van der Waals surface area (Å²) >= 11 is 0. The average molecular weight is 201 g/mol. The molecule has 80 valence electrons. The van der Waals surface area contributed by atoms with E-state index < -0.39 is 11.9 Å². The van der Waals surface area contributed by atoms with Crippen LogP contribution in [0.4, 0.5) is 0 Å². The Hall–Kier alpha value is -1.10. The van der Waals surface area contributed by atoms with Crippen molar-refractivity contribution < 1.29 is 19.1 Å². The van der Waals surface area contributed by atoms with Crippen LogP contribution in [0.2, 0.25) is 0 Å². The van der Waals surface area contributed by atoms with Gasteiger partial charge in [-0.15, -0.1) is 0 Å². The Bertz CT molecular complexity index is 229. The molecule has 5 nitrogen and oxygen atoms in total. The maximum atomic E-state index is 11.6. The van der Waals surface area contributed by atoms with E-state index in [0.29, 0.717) is 26.1 Å². The van der Waals surface area contributed by atoms with E-state index in [9.17, 15) is 9.59 Å². The summed E-state index contributed by atoms with van der Waals surface area (Å²) in [4.78, 5) is 24.4. The molecule has 0 radical (unpaired) electrons. The first-order chi connectivity index (χ1) is 6.70. The maximum Gasteiger partial charge on any atom is 0.318 e. The molecule has 0 aromatic carbocycles. The van der Waals surface area contributed by atoms with Crippen LogP contribution in [-0.2, 0) is 19.1 Å². The lowest BCUT2D eigenvalue weighted by Gasteiger charge is -2.15. The van der Waals surface area contributed by atoms with E-state index in [0.717, 1.165) is 0 Å². The van der Waals surface area contributed by atoms with E-state index in [-0.39, 0.29) is 5.91 Å². The molecule has 14 heavy (non-hydrogen) atoms. The molecule has 1 rings (SSSR count). The Morgan fingerprint density at radius 3 is 2.86 bits per heavy atom. The summed E-state index contributed by atoms with van der Waals surface area (Å²) in [6, 6.07) is 0. The van der Waals surface area contributed by atoms with Gasteiger partial charge in [0.15, 0.2) is 0 Å². The molecule has 1 heterocycles. The van der Waals surface area contributed by atoms with Gasteiger partial charge in [-0.05, 0) is 6.42 Å². The quantitative estimate of drug-likeness (QED) is 0.461. The van der Waals surface area contributed by atoms with Crippen LogP contribution in [0.3, 0.4) is 0 Å². The van der Waals surface area contributed by atoms with Crippen molar-refractivity contribution in [2.75, 3.05) is 33.9 Å². The van der Waals surface area contributed by atoms with Crippen molar-refractivity contribution in [1.29, 1.82) is 0 Å². The van der Waals surface area contributed by atoms with Crippen LogP contribution in [-0.4, -0.2) is 50.7 Å². The van der Waals surface area contributed by atoms with Gasteiger partial charge in [0.1, 0.15) is 5.92 Å². The molecular weight excluding hydrogens is 186 g/mol. The molecule has 1 aliphatic rings. The molecule has 1 saturated heterocycles. The second kappa shape index (κ2) is 4.95. The molecule has 0 N–H and O–H groups in total. The van der Waals surface area contributed by atoms with E-state index in [2.05, 4.69) is 4.74 Å². The first-order valence-electron chi connectivity index (χ1n) is 4.56. The Labute approximate surface area is 83.0 Å². The fourth-order valence-electron chi connectivity index (χ4n) is 1.52. The standard InChI is InChI=1S/C9H15NO4/c1-13-6-5-10-4-3-7(8(10)11)9(12)14-2/h7H,3-6H2,1-2H3/t7-/m0/s1. The third-order valence-electron chi connectivity index (χ3n) is 2.35. The van der Waals surface area contributed by atoms with Gasteiger partial charge < -0.3 is 14.4 Å². The molecule has 1 fully saturated rings. The monoisotopic (exact) mass is 201 g/mol. The number of rotatable bonds is 4. The Morgan fingerprint density at radius 2 is 2.29 bits per heavy atom. The fraction of sp³-hybridized carbons (Fsp3) is 0.778. The minimum Gasteiger partial charge on any atom is -0.468 e. The molecule has 0 bridgehead atoms. The zero-order valence-electron chi connectivity index (χ0n) is 8.49. The molecule has 1 aliphatic heterocycles. The smallest absolute Gasteiger partial charge is 0.318 e. The number of ether oxygens (including phenoxy) is 2. The first-order valence-corrected chi connectivity index (χ1v) is 4.56. The Kier molecular flexibility index (Phi) is 3.88. The Morgan fingerprint density at radius 1 is 1.57 bits per heavy atom. The van der Waals surface area contributed by atoms with E-state index in [1.807, 2.05) is 0 Å². The number of esters is 1. The summed E-state index contributed by atoms with van der Waals surface area (Å²) in [7, 11) is 2.88. The Balaban J connectivity index is 2.47. The molecule has 5 heteroatoms. The summed E-state index contributed by atoms with van der Waals surface area (Å²) in [6.07, 6.45) is 0.551. The number of amides is 1. The highest BCUT2D eigenvalue weighted by molar-refractivity contribution is 5.99. The van der Waals surface area contributed by atoms with Gasteiger partial charge in [-0.25, -0.2) is 0 Å². The van der Waals surface area contributed by atoms with E-state index in [4.69, 9.17) is 4.74 Å². The third kappa shape index (κ3) is 2.23. The van der Waals surface area contributed by atoms with Crippen LogP contribution in [0, 0.1) is 5.92 Å². The van der Waals surface area contributed by atoms with E-state index in [1.165, 1.54) is 7.11 Å². The molecule has 0 aliphatic carbocycles. The SMILES string of the molecule is COCCN1CC[C@H](C(=O)OC)C1=O. The lowest BCUT2D eigenvalue weighted by atomic mass is 10.1. The normalized spacial score (nSPS) is 21.4. The molecule has 0 saturated carbocycles. The van der Waals surface area contributed by atoms with Crippen LogP contribution in [0.25, 0.3) is 0 Å². The van der Waals surface area contributed by atoms with Gasteiger partial charge in [-0.1, -0.05) is 0 Å². The van der Waals surface area contributed by atoms with Crippen molar-refractivity contribution in [3.63, 3.8) is 0 Å². The second-order valence-electron chi connectivity index (χ2n) is 3.18. The molecule has 0 aromatic heterocycles. The molecule has 0 aromatic rings. The van der Waals surface area contributed by atoms with Crippen LogP contribution < -0.4 is 0 Å². The summed E-state index contributed by atoms with van der Waals surface area (Å²) in [5, 5.41) is 0. The average Bonchev–Trinajstić information content (AvgIpc) is 2.56. The highest BCUT2D eigenvalue weighted by Crippen LogP contribution is 2.18. The molecule has 0 spiro atoms. The van der Waals surface area contributed by atoms with Gasteiger partial charge in [-0.2, -0.15) is 0 Å². The van der Waals surface area contributed by atoms with Crippen molar-refractivity contribution >= 4 is 11.9 Å². The van der Waals surface area contributed by atoms with Gasteiger partial charge in [0.2, 0.25) is 5.91 Å². The van der Waals surface area contributed by atoms with Crippen LogP contribution in [0.15, 0.2) is 0 Å². The number of nitrogens with zero attached hydrogens (tertiary/aromatic N) is 1. The predicted molar refractivity (Wildman–Crippen MR) is 48.6 cm³/mol. The minimum absolute atomic E-state index is 0.145. The third-order valence-corrected chi connectivity index (χ3v) is 2.35. The van der Waals surface area contributed by atoms with Gasteiger partial charge in [0.05, 0.1) is 13.7 Å². The number of carbonyl (C=O) groups is 2. The molecular formula is C9H15NO4. The summed E-state index contributed by atoms with van der Waals surface area (Å²) in [5.74, 6) is -1.18. The zero-order valence-corrected chi connectivity index (χ0v) is 8.49. The fourth-order valence-corrected chi connectivity index (χ4v) is 1.52. The minimum atomic E-state index is -0.600. The van der Waals surface area contributed by atoms with Gasteiger partial charge >= 0.3 is 5.97 Å². The number of hydrogen-bond donors (Lipinski definition) is 0. The van der Waals surface area contributed by atoms with Crippen LogP contribution in [0.1, 0.15) is 6.42 Å². The molecule has 0 unspecified atom stereocenters. The molecule has 1 amide bonds. The highest BCUT2D eigenvalue weighted by Gasteiger charge is 2.37. The van der Waals surface area contributed by atoms with Gasteiger partial charge in [0, 0.05) is 20.2 Å². The van der Waals surface area contributed by atoms with E-state index in [1.54, 1.807) is 12.0 Å². The lowest BCUT2D eigenvalue weighted by Crippen LogP contribution is -2.33. The predicted octanol–water partition coefficient (Wildman–Crippen LogP) is -0.346. The molecule has 1 atom stereocenters. The number of methoxy groups -OCH3 is 2. The van der Waals surface area contributed by atoms with Crippen molar-refractivity contribution in [2.45, 2.75) is 6.42 Å². The summed E-state index contributed by atoms with van der Waals surface area (Å²) in [6.45, 7) is 1.66. The topological polar surface area (TPSA) is 55.8 Å². The van der Waals surface area contributed by atoms with Crippen molar-refractivity contribution in [1.82, 2.24) is 4.90 Å². The van der Waals surface area contributed by atoms with Gasteiger partial charge in [-0.3, -0.25) is 9.59 Å². The number of hydrogen-bond acceptors (Lipinski definition) is 4.